The standard InChI is InChI=1S/C23H24N2OS/c1-3-4-13-26-22-8-6-5-7-19(22)23-14-17(15-27-23)25-20-9-10-21-18(16(20)2)11-12-24-21/h5-12,14-15,24-25H,3-4,13H2,1-2H3. The largest absolute Gasteiger partial charge is 0.493 e. The molecular formula is C23H24N2OS. The van der Waals surface area contributed by atoms with Gasteiger partial charge in [-0.25, -0.2) is 0 Å². The van der Waals surface area contributed by atoms with Crippen LogP contribution in [-0.4, -0.2) is 11.6 Å². The number of H-pyrrole nitrogens is 1. The van der Waals surface area contributed by atoms with Gasteiger partial charge in [0.2, 0.25) is 0 Å². The highest BCUT2D eigenvalue weighted by Crippen LogP contribution is 2.37. The molecule has 0 aliphatic carbocycles. The first-order chi connectivity index (χ1) is 13.3. The van der Waals surface area contributed by atoms with E-state index in [1.54, 1.807) is 11.3 Å². The minimum absolute atomic E-state index is 0.764. The summed E-state index contributed by atoms with van der Waals surface area (Å²) in [6, 6.07) is 16.9. The number of ether oxygens (including phenoxy) is 1. The molecule has 0 radical (unpaired) electrons. The fraction of sp³-hybridized carbons (Fsp3) is 0.217. The first-order valence-electron chi connectivity index (χ1n) is 9.40. The van der Waals surface area contributed by atoms with Crippen LogP contribution in [0.3, 0.4) is 0 Å². The molecule has 2 N–H and O–H groups in total. The molecule has 0 fully saturated rings. The van der Waals surface area contributed by atoms with Crippen LogP contribution in [-0.2, 0) is 0 Å². The number of benzene rings is 2. The first-order valence-corrected chi connectivity index (χ1v) is 10.3. The van der Waals surface area contributed by atoms with E-state index in [1.165, 1.54) is 21.3 Å². The van der Waals surface area contributed by atoms with Crippen molar-refractivity contribution in [2.75, 3.05) is 11.9 Å². The molecule has 0 unspecified atom stereocenters. The van der Waals surface area contributed by atoms with Gasteiger partial charge in [0.1, 0.15) is 5.75 Å². The maximum absolute atomic E-state index is 6.00. The summed E-state index contributed by atoms with van der Waals surface area (Å²) in [5.41, 5.74) is 5.83. The Morgan fingerprint density at radius 2 is 2.00 bits per heavy atom. The van der Waals surface area contributed by atoms with Gasteiger partial charge in [0.25, 0.3) is 0 Å². The Morgan fingerprint density at radius 1 is 1.11 bits per heavy atom. The van der Waals surface area contributed by atoms with Crippen LogP contribution >= 0.6 is 11.3 Å². The average Bonchev–Trinajstić information content (AvgIpc) is 3.34. The van der Waals surface area contributed by atoms with Crippen molar-refractivity contribution in [3.63, 3.8) is 0 Å². The third-order valence-corrected chi connectivity index (χ3v) is 5.75. The predicted octanol–water partition coefficient (Wildman–Crippen LogP) is 7.13. The lowest BCUT2D eigenvalue weighted by atomic mass is 10.1. The summed E-state index contributed by atoms with van der Waals surface area (Å²) in [5, 5.41) is 6.99. The van der Waals surface area contributed by atoms with Gasteiger partial charge in [0.15, 0.2) is 0 Å². The highest BCUT2D eigenvalue weighted by molar-refractivity contribution is 7.14. The molecule has 0 spiro atoms. The quantitative estimate of drug-likeness (QED) is 0.337. The van der Waals surface area contributed by atoms with Crippen LogP contribution in [0.4, 0.5) is 11.4 Å². The molecule has 2 aromatic carbocycles. The van der Waals surface area contributed by atoms with Gasteiger partial charge in [-0.3, -0.25) is 0 Å². The van der Waals surface area contributed by atoms with Crippen LogP contribution in [0.25, 0.3) is 21.3 Å². The Labute approximate surface area is 164 Å². The van der Waals surface area contributed by atoms with Crippen molar-refractivity contribution in [2.24, 2.45) is 0 Å². The predicted molar refractivity (Wildman–Crippen MR) is 116 cm³/mol. The molecule has 0 atom stereocenters. The van der Waals surface area contributed by atoms with Gasteiger partial charge in [-0.15, -0.1) is 11.3 Å². The number of para-hydroxylation sites is 1. The van der Waals surface area contributed by atoms with Gasteiger partial charge in [-0.2, -0.15) is 0 Å². The van der Waals surface area contributed by atoms with Gasteiger partial charge < -0.3 is 15.0 Å². The molecule has 4 heteroatoms. The SMILES string of the molecule is CCCCOc1ccccc1-c1cc(Nc2ccc3[nH]ccc3c2C)cs1. The van der Waals surface area contributed by atoms with Crippen molar-refractivity contribution < 1.29 is 4.74 Å². The number of unbranched alkanes of at least 4 members (excludes halogenated alkanes) is 1. The Kier molecular flexibility index (Phi) is 5.16. The number of hydrogen-bond donors (Lipinski definition) is 2. The minimum atomic E-state index is 0.764. The van der Waals surface area contributed by atoms with Gasteiger partial charge >= 0.3 is 0 Å². The normalized spacial score (nSPS) is 11.0. The number of aromatic amines is 1. The summed E-state index contributed by atoms with van der Waals surface area (Å²) in [6.07, 6.45) is 4.20. The number of nitrogens with one attached hydrogen (secondary N) is 2. The molecule has 0 amide bonds. The number of anilines is 2. The number of aryl methyl sites for hydroxylation is 1. The molecule has 3 nitrogen and oxygen atoms in total. The van der Waals surface area contributed by atoms with Crippen molar-refractivity contribution >= 4 is 33.6 Å². The lowest BCUT2D eigenvalue weighted by Gasteiger charge is -2.10. The molecule has 2 heterocycles. The highest BCUT2D eigenvalue weighted by Gasteiger charge is 2.10. The molecular weight excluding hydrogens is 352 g/mol. The zero-order valence-electron chi connectivity index (χ0n) is 15.7. The van der Waals surface area contributed by atoms with E-state index in [-0.39, 0.29) is 0 Å². The number of fused-ring (bicyclic) bond motifs is 1. The maximum atomic E-state index is 6.00. The summed E-state index contributed by atoms with van der Waals surface area (Å²) in [4.78, 5) is 4.48. The molecule has 0 saturated carbocycles. The van der Waals surface area contributed by atoms with Crippen LogP contribution in [0.5, 0.6) is 5.75 Å². The van der Waals surface area contributed by atoms with E-state index in [9.17, 15) is 0 Å². The van der Waals surface area contributed by atoms with E-state index in [1.807, 2.05) is 12.3 Å². The molecule has 27 heavy (non-hydrogen) atoms. The lowest BCUT2D eigenvalue weighted by molar-refractivity contribution is 0.310. The lowest BCUT2D eigenvalue weighted by Crippen LogP contribution is -1.97. The highest BCUT2D eigenvalue weighted by atomic mass is 32.1. The fourth-order valence-electron chi connectivity index (χ4n) is 3.24. The molecule has 2 aromatic heterocycles. The van der Waals surface area contributed by atoms with E-state index in [0.717, 1.165) is 42.1 Å². The third-order valence-electron chi connectivity index (χ3n) is 4.79. The molecule has 0 aliphatic rings. The van der Waals surface area contributed by atoms with Gasteiger partial charge in [-0.1, -0.05) is 25.5 Å². The zero-order chi connectivity index (χ0) is 18.6. The number of rotatable bonds is 7. The molecule has 138 valence electrons. The van der Waals surface area contributed by atoms with Crippen molar-refractivity contribution in [3.05, 3.63) is 65.7 Å². The van der Waals surface area contributed by atoms with Crippen LogP contribution in [0.15, 0.2) is 60.1 Å². The molecule has 0 saturated heterocycles. The summed E-state index contributed by atoms with van der Waals surface area (Å²) in [6.45, 7) is 5.10. The second-order valence-electron chi connectivity index (χ2n) is 6.70. The second kappa shape index (κ2) is 7.89. The number of thiophene rings is 1. The van der Waals surface area contributed by atoms with Crippen LogP contribution < -0.4 is 10.1 Å². The van der Waals surface area contributed by atoms with Crippen LogP contribution in [0.1, 0.15) is 25.3 Å². The van der Waals surface area contributed by atoms with Crippen molar-refractivity contribution in [3.8, 4) is 16.2 Å². The van der Waals surface area contributed by atoms with Crippen molar-refractivity contribution in [1.29, 1.82) is 0 Å². The monoisotopic (exact) mass is 376 g/mol. The Morgan fingerprint density at radius 3 is 2.89 bits per heavy atom. The summed E-state index contributed by atoms with van der Waals surface area (Å²) < 4.78 is 6.00. The summed E-state index contributed by atoms with van der Waals surface area (Å²) >= 11 is 1.74. The van der Waals surface area contributed by atoms with Gasteiger partial charge in [0.05, 0.1) is 6.61 Å². The average molecular weight is 377 g/mol. The Hall–Kier alpha value is -2.72. The molecule has 0 aliphatic heterocycles. The third kappa shape index (κ3) is 3.71. The van der Waals surface area contributed by atoms with E-state index < -0.39 is 0 Å². The van der Waals surface area contributed by atoms with Crippen LogP contribution in [0.2, 0.25) is 0 Å². The van der Waals surface area contributed by atoms with Gasteiger partial charge in [0, 0.05) is 44.3 Å². The number of aromatic nitrogens is 1. The summed E-state index contributed by atoms with van der Waals surface area (Å²) in [5.74, 6) is 0.962. The second-order valence-corrected chi connectivity index (χ2v) is 7.61. The number of hydrogen-bond acceptors (Lipinski definition) is 3. The Bertz CT molecular complexity index is 1050. The Balaban J connectivity index is 1.57. The summed E-state index contributed by atoms with van der Waals surface area (Å²) in [7, 11) is 0. The minimum Gasteiger partial charge on any atom is -0.493 e. The van der Waals surface area contributed by atoms with E-state index in [4.69, 9.17) is 4.74 Å². The van der Waals surface area contributed by atoms with E-state index >= 15 is 0 Å². The fourth-order valence-corrected chi connectivity index (χ4v) is 4.11. The van der Waals surface area contributed by atoms with E-state index in [0.29, 0.717) is 0 Å². The van der Waals surface area contributed by atoms with Gasteiger partial charge in [-0.05, 0) is 55.3 Å². The molecule has 0 bridgehead atoms. The van der Waals surface area contributed by atoms with Crippen molar-refractivity contribution in [1.82, 2.24) is 4.98 Å². The van der Waals surface area contributed by atoms with E-state index in [2.05, 4.69) is 72.0 Å². The smallest absolute Gasteiger partial charge is 0.127 e. The topological polar surface area (TPSA) is 37.0 Å². The maximum Gasteiger partial charge on any atom is 0.127 e. The van der Waals surface area contributed by atoms with Crippen molar-refractivity contribution in [2.45, 2.75) is 26.7 Å². The molecule has 4 aromatic rings. The van der Waals surface area contributed by atoms with Crippen LogP contribution in [0, 0.1) is 6.92 Å². The molecule has 4 rings (SSSR count). The zero-order valence-corrected chi connectivity index (χ0v) is 16.5. The first kappa shape index (κ1) is 17.7.